The predicted octanol–water partition coefficient (Wildman–Crippen LogP) is 4.25. The summed E-state index contributed by atoms with van der Waals surface area (Å²) in [5.74, 6) is -1.58. The van der Waals surface area contributed by atoms with Crippen LogP contribution in [0.1, 0.15) is 22.8 Å². The fourth-order valence-corrected chi connectivity index (χ4v) is 3.17. The lowest BCUT2D eigenvalue weighted by Gasteiger charge is -2.32. The minimum absolute atomic E-state index is 0.0321. The van der Waals surface area contributed by atoms with Gasteiger partial charge in [0, 0.05) is 18.7 Å². The number of carbonyl (C=O) groups excluding carboxylic acids is 2. The highest BCUT2D eigenvalue weighted by Crippen LogP contribution is 2.24. The fourth-order valence-electron chi connectivity index (χ4n) is 3.17. The number of halogens is 4. The van der Waals surface area contributed by atoms with E-state index in [0.29, 0.717) is 12.1 Å². The Morgan fingerprint density at radius 2 is 1.97 bits per heavy atom. The van der Waals surface area contributed by atoms with Crippen LogP contribution in [0.25, 0.3) is 6.08 Å². The quantitative estimate of drug-likeness (QED) is 0.346. The number of rotatable bonds is 7. The van der Waals surface area contributed by atoms with Gasteiger partial charge in [-0.1, -0.05) is 12.1 Å². The van der Waals surface area contributed by atoms with Crippen LogP contribution in [0.2, 0.25) is 0 Å². The van der Waals surface area contributed by atoms with Gasteiger partial charge in [-0.2, -0.15) is 0 Å². The summed E-state index contributed by atoms with van der Waals surface area (Å²) < 4.78 is 66.0. The zero-order valence-electron chi connectivity index (χ0n) is 17.6. The van der Waals surface area contributed by atoms with Crippen LogP contribution in [0.5, 0.6) is 11.5 Å². The first-order valence-corrected chi connectivity index (χ1v) is 9.98. The highest BCUT2D eigenvalue weighted by Gasteiger charge is 2.31. The maximum atomic E-state index is 13.9. The molecule has 0 radical (unpaired) electrons. The summed E-state index contributed by atoms with van der Waals surface area (Å²) >= 11 is 0. The number of ether oxygens (including phenoxy) is 3. The number of hydrogen-bond donors (Lipinski definition) is 0. The molecule has 6 nitrogen and oxygen atoms in total. The molecule has 0 aromatic heterocycles. The van der Waals surface area contributed by atoms with E-state index in [0.717, 1.165) is 6.07 Å². The third-order valence-electron chi connectivity index (χ3n) is 4.72. The predicted molar refractivity (Wildman–Crippen MR) is 110 cm³/mol. The average molecular weight is 467 g/mol. The largest absolute Gasteiger partial charge is 0.573 e. The lowest BCUT2D eigenvalue weighted by atomic mass is 10.1. The first-order chi connectivity index (χ1) is 15.6. The summed E-state index contributed by atoms with van der Waals surface area (Å²) in [5, 5.41) is 0. The Kier molecular flexibility index (Phi) is 7.70. The lowest BCUT2D eigenvalue weighted by Crippen LogP contribution is -2.47. The Morgan fingerprint density at radius 1 is 1.18 bits per heavy atom. The van der Waals surface area contributed by atoms with Gasteiger partial charge in [0.1, 0.15) is 30.0 Å². The summed E-state index contributed by atoms with van der Waals surface area (Å²) in [6, 6.07) is 9.19. The Morgan fingerprint density at radius 3 is 2.67 bits per heavy atom. The van der Waals surface area contributed by atoms with Crippen LogP contribution < -0.4 is 9.47 Å². The van der Waals surface area contributed by atoms with E-state index in [2.05, 4.69) is 4.74 Å². The van der Waals surface area contributed by atoms with Crippen molar-refractivity contribution in [3.05, 3.63) is 65.5 Å². The molecule has 10 heteroatoms. The molecular weight excluding hydrogens is 446 g/mol. The number of alkyl halides is 3. The molecule has 1 atom stereocenters. The fraction of sp³-hybridized carbons (Fsp3) is 0.304. The topological polar surface area (TPSA) is 65.1 Å². The van der Waals surface area contributed by atoms with Gasteiger partial charge in [-0.25, -0.2) is 4.39 Å². The van der Waals surface area contributed by atoms with E-state index < -0.39 is 24.1 Å². The Labute approximate surface area is 187 Å². The van der Waals surface area contributed by atoms with Crippen molar-refractivity contribution >= 4 is 17.8 Å². The second-order valence-electron chi connectivity index (χ2n) is 7.24. The van der Waals surface area contributed by atoms with Crippen LogP contribution in [0.15, 0.2) is 48.5 Å². The SMILES string of the molecule is CC(=O)c1ccc(OCC2CN(C(=O)/C=C/c3cccc(OC(F)(F)F)c3)CCO2)cc1F. The molecule has 1 fully saturated rings. The lowest BCUT2D eigenvalue weighted by molar-refractivity contribution is -0.274. The molecule has 0 spiro atoms. The number of morpholine rings is 1. The number of benzene rings is 2. The molecule has 1 unspecified atom stereocenters. The van der Waals surface area contributed by atoms with Gasteiger partial charge in [0.05, 0.1) is 18.7 Å². The number of amides is 1. The highest BCUT2D eigenvalue weighted by molar-refractivity contribution is 5.94. The summed E-state index contributed by atoms with van der Waals surface area (Å²) in [7, 11) is 0. The van der Waals surface area contributed by atoms with Gasteiger partial charge in [-0.15, -0.1) is 13.2 Å². The molecule has 1 amide bonds. The van der Waals surface area contributed by atoms with E-state index in [9.17, 15) is 27.2 Å². The molecule has 176 valence electrons. The number of carbonyl (C=O) groups is 2. The summed E-state index contributed by atoms with van der Waals surface area (Å²) in [6.45, 7) is 2.14. The number of Topliss-reactive ketones (excluding diaryl/α,β-unsaturated/α-hetero) is 1. The van der Waals surface area contributed by atoms with Gasteiger partial charge < -0.3 is 19.1 Å². The molecule has 0 bridgehead atoms. The van der Waals surface area contributed by atoms with Crippen molar-refractivity contribution in [2.45, 2.75) is 19.4 Å². The summed E-state index contributed by atoms with van der Waals surface area (Å²) in [6.07, 6.45) is -2.61. The van der Waals surface area contributed by atoms with Crippen molar-refractivity contribution in [3.63, 3.8) is 0 Å². The standard InChI is InChI=1S/C23H21F4NO5/c1-15(29)20-7-6-17(12-21(20)24)32-14-19-13-28(9-10-31-19)22(30)8-5-16-3-2-4-18(11-16)33-23(25,26)27/h2-8,11-12,19H,9-10,13-14H2,1H3/b8-5+. The monoisotopic (exact) mass is 467 g/mol. The Balaban J connectivity index is 1.54. The molecule has 0 N–H and O–H groups in total. The van der Waals surface area contributed by atoms with Crippen LogP contribution in [-0.2, 0) is 9.53 Å². The van der Waals surface area contributed by atoms with E-state index in [-0.39, 0.29) is 42.7 Å². The number of ketones is 1. The van der Waals surface area contributed by atoms with Crippen molar-refractivity contribution in [2.24, 2.45) is 0 Å². The Bertz CT molecular complexity index is 1040. The second kappa shape index (κ2) is 10.5. The minimum atomic E-state index is -4.80. The van der Waals surface area contributed by atoms with E-state index in [4.69, 9.17) is 9.47 Å². The van der Waals surface area contributed by atoms with Gasteiger partial charge >= 0.3 is 6.36 Å². The van der Waals surface area contributed by atoms with E-state index in [1.165, 1.54) is 54.3 Å². The van der Waals surface area contributed by atoms with E-state index in [1.54, 1.807) is 6.07 Å². The maximum Gasteiger partial charge on any atom is 0.573 e. The number of nitrogens with zero attached hydrogens (tertiary/aromatic N) is 1. The Hall–Kier alpha value is -3.40. The van der Waals surface area contributed by atoms with Gasteiger partial charge in [0.15, 0.2) is 5.78 Å². The van der Waals surface area contributed by atoms with Crippen LogP contribution >= 0.6 is 0 Å². The molecule has 1 aliphatic rings. The molecule has 33 heavy (non-hydrogen) atoms. The zero-order chi connectivity index (χ0) is 24.0. The molecule has 2 aromatic rings. The molecule has 1 heterocycles. The molecule has 3 rings (SSSR count). The number of hydrogen-bond acceptors (Lipinski definition) is 5. The van der Waals surface area contributed by atoms with Gasteiger partial charge in [-0.05, 0) is 42.8 Å². The molecule has 1 aliphatic heterocycles. The van der Waals surface area contributed by atoms with Crippen LogP contribution in [-0.4, -0.2) is 55.4 Å². The van der Waals surface area contributed by atoms with Crippen molar-refractivity contribution in [2.75, 3.05) is 26.3 Å². The second-order valence-corrected chi connectivity index (χ2v) is 7.24. The average Bonchev–Trinajstić information content (AvgIpc) is 2.75. The highest BCUT2D eigenvalue weighted by atomic mass is 19.4. The molecule has 2 aromatic carbocycles. The van der Waals surface area contributed by atoms with E-state index >= 15 is 0 Å². The van der Waals surface area contributed by atoms with Crippen molar-refractivity contribution in [3.8, 4) is 11.5 Å². The maximum absolute atomic E-state index is 13.9. The van der Waals surface area contributed by atoms with Crippen LogP contribution in [0.4, 0.5) is 17.6 Å². The molecule has 0 saturated carbocycles. The zero-order valence-corrected chi connectivity index (χ0v) is 17.6. The van der Waals surface area contributed by atoms with Crippen LogP contribution in [0, 0.1) is 5.82 Å². The van der Waals surface area contributed by atoms with Gasteiger partial charge in [0.25, 0.3) is 0 Å². The third kappa shape index (κ3) is 7.31. The summed E-state index contributed by atoms with van der Waals surface area (Å²) in [4.78, 5) is 25.3. The summed E-state index contributed by atoms with van der Waals surface area (Å²) in [5.41, 5.74) is 0.338. The third-order valence-corrected chi connectivity index (χ3v) is 4.72. The van der Waals surface area contributed by atoms with E-state index in [1.807, 2.05) is 0 Å². The normalized spacial score (nSPS) is 16.6. The smallest absolute Gasteiger partial charge is 0.491 e. The molecular formula is C23H21F4NO5. The van der Waals surface area contributed by atoms with Gasteiger partial charge in [-0.3, -0.25) is 9.59 Å². The molecule has 1 saturated heterocycles. The van der Waals surface area contributed by atoms with Crippen molar-refractivity contribution < 1.29 is 41.4 Å². The first kappa shape index (κ1) is 24.2. The van der Waals surface area contributed by atoms with Crippen LogP contribution in [0.3, 0.4) is 0 Å². The first-order valence-electron chi connectivity index (χ1n) is 9.98. The van der Waals surface area contributed by atoms with Gasteiger partial charge in [0.2, 0.25) is 5.91 Å². The molecule has 0 aliphatic carbocycles. The minimum Gasteiger partial charge on any atom is -0.491 e. The van der Waals surface area contributed by atoms with Crippen molar-refractivity contribution in [1.29, 1.82) is 0 Å². The van der Waals surface area contributed by atoms with Crippen molar-refractivity contribution in [1.82, 2.24) is 4.90 Å².